The zero-order valence-electron chi connectivity index (χ0n) is 21.6. The van der Waals surface area contributed by atoms with Gasteiger partial charge in [0.05, 0.1) is 18.7 Å². The largest absolute Gasteiger partial charge is 0.507 e. The number of aromatic nitrogens is 2. The van der Waals surface area contributed by atoms with Gasteiger partial charge in [0, 0.05) is 16.3 Å². The number of fused-ring (bicyclic) bond motifs is 1. The van der Waals surface area contributed by atoms with Crippen molar-refractivity contribution in [2.45, 2.75) is 16.1 Å². The SMILES string of the molecule is COc1ccc([C@@H]2C(=C(O)c3ccc4c(c3)OCCO4)C(=O)C(=O)N2c2nnc(SCc3ccccc3Cl)s2)cc1. The lowest BCUT2D eigenvalue weighted by atomic mass is 9.95. The first kappa shape index (κ1) is 27.1. The highest BCUT2D eigenvalue weighted by molar-refractivity contribution is 8.00. The van der Waals surface area contributed by atoms with E-state index in [1.54, 1.807) is 49.6 Å². The Morgan fingerprint density at radius 1 is 1.07 bits per heavy atom. The van der Waals surface area contributed by atoms with Crippen molar-refractivity contribution >= 4 is 57.3 Å². The van der Waals surface area contributed by atoms with E-state index in [4.69, 9.17) is 25.8 Å². The Morgan fingerprint density at radius 2 is 1.83 bits per heavy atom. The predicted octanol–water partition coefficient (Wildman–Crippen LogP) is 5.89. The summed E-state index contributed by atoms with van der Waals surface area (Å²) in [7, 11) is 1.55. The molecular weight excluding hydrogens is 586 g/mol. The normalized spacial score (nSPS) is 17.6. The van der Waals surface area contributed by atoms with Crippen LogP contribution in [0.1, 0.15) is 22.7 Å². The number of rotatable bonds is 7. The number of ether oxygens (including phenoxy) is 3. The molecule has 1 saturated heterocycles. The molecule has 2 aliphatic rings. The number of hydrogen-bond acceptors (Lipinski definition) is 10. The number of aliphatic hydroxyl groups is 1. The molecule has 0 unspecified atom stereocenters. The molecule has 41 heavy (non-hydrogen) atoms. The fourth-order valence-corrected chi connectivity index (χ4v) is 6.74. The molecule has 12 heteroatoms. The van der Waals surface area contributed by atoms with E-state index in [-0.39, 0.29) is 16.5 Å². The number of aliphatic hydroxyl groups excluding tert-OH is 1. The molecule has 0 aliphatic carbocycles. The summed E-state index contributed by atoms with van der Waals surface area (Å²) in [6, 6.07) is 18.4. The highest BCUT2D eigenvalue weighted by Gasteiger charge is 2.48. The van der Waals surface area contributed by atoms with Crippen LogP contribution in [0.15, 0.2) is 76.6 Å². The van der Waals surface area contributed by atoms with Gasteiger partial charge < -0.3 is 19.3 Å². The Morgan fingerprint density at radius 3 is 2.59 bits per heavy atom. The molecule has 2 aliphatic heterocycles. The zero-order valence-corrected chi connectivity index (χ0v) is 24.0. The molecule has 1 fully saturated rings. The highest BCUT2D eigenvalue weighted by atomic mass is 35.5. The number of benzene rings is 3. The van der Waals surface area contributed by atoms with Crippen molar-refractivity contribution in [2.24, 2.45) is 0 Å². The number of amides is 1. The van der Waals surface area contributed by atoms with E-state index < -0.39 is 17.7 Å². The van der Waals surface area contributed by atoms with E-state index in [0.717, 1.165) is 5.56 Å². The fraction of sp³-hybridized carbons (Fsp3) is 0.172. The second-order valence-corrected chi connectivity index (χ2v) is 11.6. The van der Waals surface area contributed by atoms with Gasteiger partial charge in [0.15, 0.2) is 15.8 Å². The number of methoxy groups -OCH3 is 1. The number of ketones is 1. The van der Waals surface area contributed by atoms with Gasteiger partial charge in [-0.1, -0.05) is 65.0 Å². The van der Waals surface area contributed by atoms with Crippen LogP contribution < -0.4 is 19.1 Å². The molecule has 0 saturated carbocycles. The highest BCUT2D eigenvalue weighted by Crippen LogP contribution is 2.45. The number of nitrogens with zero attached hydrogens (tertiary/aromatic N) is 3. The first-order valence-electron chi connectivity index (χ1n) is 12.5. The lowest BCUT2D eigenvalue weighted by Gasteiger charge is -2.23. The van der Waals surface area contributed by atoms with Gasteiger partial charge in [-0.05, 0) is 47.5 Å². The monoisotopic (exact) mass is 607 g/mol. The van der Waals surface area contributed by atoms with Gasteiger partial charge in [-0.25, -0.2) is 0 Å². The van der Waals surface area contributed by atoms with Crippen LogP contribution in [0.3, 0.4) is 0 Å². The third-order valence-corrected chi connectivity index (χ3v) is 9.08. The van der Waals surface area contributed by atoms with Gasteiger partial charge >= 0.3 is 5.91 Å². The quantitative estimate of drug-likeness (QED) is 0.0903. The van der Waals surface area contributed by atoms with Gasteiger partial charge in [0.25, 0.3) is 5.78 Å². The van der Waals surface area contributed by atoms with Crippen LogP contribution in [0.2, 0.25) is 5.02 Å². The van der Waals surface area contributed by atoms with E-state index in [9.17, 15) is 14.7 Å². The first-order valence-corrected chi connectivity index (χ1v) is 14.7. The van der Waals surface area contributed by atoms with Crippen molar-refractivity contribution in [3.05, 3.63) is 94.0 Å². The number of thioether (sulfide) groups is 1. The molecule has 208 valence electrons. The molecule has 0 bridgehead atoms. The molecule has 0 radical (unpaired) electrons. The number of carbonyl (C=O) groups excluding carboxylic acids is 2. The lowest BCUT2D eigenvalue weighted by Crippen LogP contribution is -2.29. The molecule has 9 nitrogen and oxygen atoms in total. The molecule has 3 aromatic carbocycles. The third kappa shape index (κ3) is 5.23. The minimum Gasteiger partial charge on any atom is -0.507 e. The van der Waals surface area contributed by atoms with Crippen molar-refractivity contribution in [3.63, 3.8) is 0 Å². The Hall–Kier alpha value is -4.06. The summed E-state index contributed by atoms with van der Waals surface area (Å²) < 4.78 is 17.1. The van der Waals surface area contributed by atoms with E-state index in [1.807, 2.05) is 24.3 Å². The summed E-state index contributed by atoms with van der Waals surface area (Å²) >= 11 is 8.89. The average Bonchev–Trinajstić information content (AvgIpc) is 3.58. The van der Waals surface area contributed by atoms with Crippen LogP contribution in [-0.4, -0.2) is 47.3 Å². The Labute approximate surface area is 248 Å². The molecule has 1 N–H and O–H groups in total. The van der Waals surface area contributed by atoms with Crippen molar-refractivity contribution < 1.29 is 28.9 Å². The number of anilines is 1. The molecule has 1 amide bonds. The van der Waals surface area contributed by atoms with E-state index in [2.05, 4.69) is 10.2 Å². The summed E-state index contributed by atoms with van der Waals surface area (Å²) in [5, 5.41) is 20.8. The second kappa shape index (κ2) is 11.4. The molecule has 6 rings (SSSR count). The van der Waals surface area contributed by atoms with Crippen molar-refractivity contribution in [2.75, 3.05) is 25.2 Å². The van der Waals surface area contributed by atoms with Crippen LogP contribution in [0.5, 0.6) is 17.2 Å². The average molecular weight is 608 g/mol. The van der Waals surface area contributed by atoms with Crippen LogP contribution in [0.4, 0.5) is 5.13 Å². The third-order valence-electron chi connectivity index (χ3n) is 6.60. The van der Waals surface area contributed by atoms with Gasteiger partial charge in [-0.15, -0.1) is 10.2 Å². The van der Waals surface area contributed by atoms with Crippen molar-refractivity contribution in [1.82, 2.24) is 10.2 Å². The van der Waals surface area contributed by atoms with Crippen LogP contribution in [0.25, 0.3) is 5.76 Å². The maximum atomic E-state index is 13.5. The molecule has 1 atom stereocenters. The number of Topliss-reactive ketones (excluding diaryl/α,β-unsaturated/α-hetero) is 1. The Bertz CT molecular complexity index is 1670. The van der Waals surface area contributed by atoms with Crippen molar-refractivity contribution in [1.29, 1.82) is 0 Å². The standard InChI is InChI=1S/C29H22ClN3O6S2/c1-37-19-9-6-16(7-10-19)24-23(25(34)17-8-11-21-22(14-17)39-13-12-38-21)26(35)27(36)33(24)28-31-32-29(41-28)40-15-18-4-2-3-5-20(18)30/h2-11,14,24,34H,12-13,15H2,1H3/t24-/m1/s1. The van der Waals surface area contributed by atoms with Gasteiger partial charge in [-0.3, -0.25) is 14.5 Å². The van der Waals surface area contributed by atoms with Crippen LogP contribution >= 0.6 is 34.7 Å². The number of halogens is 1. The maximum absolute atomic E-state index is 13.5. The molecule has 4 aromatic rings. The fourth-order valence-electron chi connectivity index (χ4n) is 4.59. The first-order chi connectivity index (χ1) is 19.9. The molecular formula is C29H22ClN3O6S2. The second-order valence-electron chi connectivity index (χ2n) is 9.03. The van der Waals surface area contributed by atoms with Gasteiger partial charge in [0.1, 0.15) is 24.7 Å². The maximum Gasteiger partial charge on any atom is 0.301 e. The predicted molar refractivity (Wildman–Crippen MR) is 156 cm³/mol. The van der Waals surface area contributed by atoms with Gasteiger partial charge in [0.2, 0.25) is 5.13 Å². The minimum absolute atomic E-state index is 0.0719. The molecule has 3 heterocycles. The lowest BCUT2D eigenvalue weighted by molar-refractivity contribution is -0.132. The summed E-state index contributed by atoms with van der Waals surface area (Å²) in [6.07, 6.45) is 0. The topological polar surface area (TPSA) is 111 Å². The van der Waals surface area contributed by atoms with Crippen molar-refractivity contribution in [3.8, 4) is 17.2 Å². The van der Waals surface area contributed by atoms with E-state index >= 15 is 0 Å². The summed E-state index contributed by atoms with van der Waals surface area (Å²) in [6.45, 7) is 0.781. The number of hydrogen-bond donors (Lipinski definition) is 1. The van der Waals surface area contributed by atoms with Crippen LogP contribution in [-0.2, 0) is 15.3 Å². The van der Waals surface area contributed by atoms with Gasteiger partial charge in [-0.2, -0.15) is 0 Å². The van der Waals surface area contributed by atoms with E-state index in [0.29, 0.717) is 56.7 Å². The minimum atomic E-state index is -0.955. The zero-order chi connectivity index (χ0) is 28.5. The van der Waals surface area contributed by atoms with Crippen LogP contribution in [0, 0.1) is 0 Å². The molecule has 0 spiro atoms. The van der Waals surface area contributed by atoms with E-state index in [1.165, 1.54) is 28.0 Å². The summed E-state index contributed by atoms with van der Waals surface area (Å²) in [5.74, 6) is 0.158. The Balaban J connectivity index is 1.39. The summed E-state index contributed by atoms with van der Waals surface area (Å²) in [5.41, 5.74) is 1.77. The molecule has 1 aromatic heterocycles. The Kier molecular flexibility index (Phi) is 7.57. The number of carbonyl (C=O) groups is 2. The summed E-state index contributed by atoms with van der Waals surface area (Å²) in [4.78, 5) is 28.3. The smallest absolute Gasteiger partial charge is 0.301 e.